The molecule has 0 aliphatic heterocycles. The standard InChI is InChI=1S/C19H24FNO2/c1-3-11-21(12-4-2)19(22)14-17(18-6-5-13-23-18)15-7-9-16(20)10-8-15/h5-10,13,17H,3-4,11-12,14H2,1-2H3/t17-/m0/s1. The fraction of sp³-hybridized carbons (Fsp3) is 0.421. The first kappa shape index (κ1) is 17.3. The number of rotatable bonds is 8. The Kier molecular flexibility index (Phi) is 6.39. The van der Waals surface area contributed by atoms with Gasteiger partial charge in [-0.3, -0.25) is 4.79 Å². The minimum Gasteiger partial charge on any atom is -0.469 e. The lowest BCUT2D eigenvalue weighted by atomic mass is 9.92. The molecule has 0 aliphatic rings. The highest BCUT2D eigenvalue weighted by atomic mass is 19.1. The summed E-state index contributed by atoms with van der Waals surface area (Å²) in [7, 11) is 0. The summed E-state index contributed by atoms with van der Waals surface area (Å²) < 4.78 is 18.7. The summed E-state index contributed by atoms with van der Waals surface area (Å²) in [6.07, 6.45) is 3.81. The van der Waals surface area contributed by atoms with E-state index in [1.54, 1.807) is 18.4 Å². The summed E-state index contributed by atoms with van der Waals surface area (Å²) in [4.78, 5) is 14.6. The average molecular weight is 317 g/mol. The van der Waals surface area contributed by atoms with Gasteiger partial charge in [-0.25, -0.2) is 4.39 Å². The Morgan fingerprint density at radius 3 is 2.30 bits per heavy atom. The summed E-state index contributed by atoms with van der Waals surface area (Å²) in [6.45, 7) is 5.67. The predicted octanol–water partition coefficient (Wildman–Crippen LogP) is 4.59. The predicted molar refractivity (Wildman–Crippen MR) is 88.7 cm³/mol. The van der Waals surface area contributed by atoms with Crippen LogP contribution in [0.15, 0.2) is 47.1 Å². The van der Waals surface area contributed by atoms with Crippen molar-refractivity contribution >= 4 is 5.91 Å². The average Bonchev–Trinajstić information content (AvgIpc) is 3.07. The van der Waals surface area contributed by atoms with Gasteiger partial charge in [0.1, 0.15) is 11.6 Å². The number of hydrogen-bond acceptors (Lipinski definition) is 2. The molecule has 2 aromatic rings. The van der Waals surface area contributed by atoms with Crippen LogP contribution in [-0.4, -0.2) is 23.9 Å². The Hall–Kier alpha value is -2.10. The van der Waals surface area contributed by atoms with Gasteiger partial charge >= 0.3 is 0 Å². The minimum atomic E-state index is -0.281. The molecule has 0 N–H and O–H groups in total. The van der Waals surface area contributed by atoms with E-state index >= 15 is 0 Å². The van der Waals surface area contributed by atoms with E-state index < -0.39 is 0 Å². The summed E-state index contributed by atoms with van der Waals surface area (Å²) in [5, 5.41) is 0. The second-order valence-electron chi connectivity index (χ2n) is 5.70. The third kappa shape index (κ3) is 4.68. The third-order valence-electron chi connectivity index (χ3n) is 3.88. The molecule has 1 amide bonds. The molecule has 1 aromatic carbocycles. The molecule has 2 rings (SSSR count). The van der Waals surface area contributed by atoms with Crippen molar-refractivity contribution in [2.75, 3.05) is 13.1 Å². The zero-order chi connectivity index (χ0) is 16.7. The molecule has 0 saturated heterocycles. The molecule has 124 valence electrons. The molecule has 0 bridgehead atoms. The van der Waals surface area contributed by atoms with Gasteiger partial charge in [0.25, 0.3) is 0 Å². The van der Waals surface area contributed by atoms with Gasteiger partial charge in [-0.1, -0.05) is 26.0 Å². The lowest BCUT2D eigenvalue weighted by Gasteiger charge is -2.24. The quantitative estimate of drug-likeness (QED) is 0.713. The first-order valence-electron chi connectivity index (χ1n) is 8.22. The van der Waals surface area contributed by atoms with Crippen molar-refractivity contribution in [3.8, 4) is 0 Å². The second-order valence-corrected chi connectivity index (χ2v) is 5.70. The summed E-state index contributed by atoms with van der Waals surface area (Å²) in [6, 6.07) is 9.97. The first-order chi connectivity index (χ1) is 11.2. The highest BCUT2D eigenvalue weighted by Crippen LogP contribution is 2.29. The molecular weight excluding hydrogens is 293 g/mol. The second kappa shape index (κ2) is 8.51. The maximum atomic E-state index is 13.2. The van der Waals surface area contributed by atoms with Gasteiger partial charge in [-0.15, -0.1) is 0 Å². The van der Waals surface area contributed by atoms with Gasteiger partial charge in [0.15, 0.2) is 0 Å². The van der Waals surface area contributed by atoms with Crippen molar-refractivity contribution in [2.45, 2.75) is 39.0 Å². The van der Waals surface area contributed by atoms with Crippen molar-refractivity contribution in [1.29, 1.82) is 0 Å². The molecule has 0 radical (unpaired) electrons. The maximum absolute atomic E-state index is 13.2. The Morgan fingerprint density at radius 2 is 1.78 bits per heavy atom. The molecule has 0 fully saturated rings. The van der Waals surface area contributed by atoms with E-state index in [9.17, 15) is 9.18 Å². The van der Waals surface area contributed by atoms with E-state index in [1.807, 2.05) is 17.0 Å². The van der Waals surface area contributed by atoms with Gasteiger partial charge in [0.05, 0.1) is 12.2 Å². The van der Waals surface area contributed by atoms with E-state index in [0.717, 1.165) is 37.3 Å². The van der Waals surface area contributed by atoms with Crippen LogP contribution in [0.3, 0.4) is 0 Å². The summed E-state index contributed by atoms with van der Waals surface area (Å²) in [5.41, 5.74) is 0.891. The fourth-order valence-electron chi connectivity index (χ4n) is 2.77. The molecule has 0 aliphatic carbocycles. The lowest BCUT2D eigenvalue weighted by Crippen LogP contribution is -2.33. The number of carbonyl (C=O) groups excluding carboxylic acids is 1. The largest absolute Gasteiger partial charge is 0.469 e. The number of furan rings is 1. The van der Waals surface area contributed by atoms with E-state index in [1.165, 1.54) is 12.1 Å². The molecule has 1 atom stereocenters. The molecular formula is C19H24FNO2. The summed E-state index contributed by atoms with van der Waals surface area (Å²) >= 11 is 0. The first-order valence-corrected chi connectivity index (χ1v) is 8.22. The molecule has 0 unspecified atom stereocenters. The zero-order valence-electron chi connectivity index (χ0n) is 13.8. The summed E-state index contributed by atoms with van der Waals surface area (Å²) in [5.74, 6) is 0.378. The molecule has 1 aromatic heterocycles. The van der Waals surface area contributed by atoms with Crippen LogP contribution in [0.25, 0.3) is 0 Å². The van der Waals surface area contributed by atoms with E-state index in [2.05, 4.69) is 13.8 Å². The molecule has 3 nitrogen and oxygen atoms in total. The number of nitrogens with zero attached hydrogens (tertiary/aromatic N) is 1. The SMILES string of the molecule is CCCN(CCC)C(=O)C[C@@H](c1ccc(F)cc1)c1ccco1. The van der Waals surface area contributed by atoms with Crippen LogP contribution in [0, 0.1) is 5.82 Å². The van der Waals surface area contributed by atoms with Crippen molar-refractivity contribution in [2.24, 2.45) is 0 Å². The lowest BCUT2D eigenvalue weighted by molar-refractivity contribution is -0.131. The van der Waals surface area contributed by atoms with Gasteiger partial charge in [-0.2, -0.15) is 0 Å². The van der Waals surface area contributed by atoms with Crippen molar-refractivity contribution in [1.82, 2.24) is 4.90 Å². The third-order valence-corrected chi connectivity index (χ3v) is 3.88. The van der Waals surface area contributed by atoms with Crippen LogP contribution >= 0.6 is 0 Å². The smallest absolute Gasteiger partial charge is 0.223 e. The molecule has 0 saturated carbocycles. The number of benzene rings is 1. The molecule has 0 spiro atoms. The Balaban J connectivity index is 2.21. The zero-order valence-corrected chi connectivity index (χ0v) is 13.8. The van der Waals surface area contributed by atoms with Crippen LogP contribution in [0.5, 0.6) is 0 Å². The van der Waals surface area contributed by atoms with Crippen molar-refractivity contribution in [3.63, 3.8) is 0 Å². The van der Waals surface area contributed by atoms with Gasteiger partial charge in [0.2, 0.25) is 5.91 Å². The number of amides is 1. The topological polar surface area (TPSA) is 33.5 Å². The van der Waals surface area contributed by atoms with Gasteiger partial charge in [0, 0.05) is 19.5 Å². The molecule has 1 heterocycles. The highest BCUT2D eigenvalue weighted by molar-refractivity contribution is 5.77. The van der Waals surface area contributed by atoms with E-state index in [-0.39, 0.29) is 17.6 Å². The Bertz CT molecular complexity index is 586. The minimum absolute atomic E-state index is 0.111. The van der Waals surface area contributed by atoms with Gasteiger partial charge < -0.3 is 9.32 Å². The Morgan fingerprint density at radius 1 is 1.13 bits per heavy atom. The number of hydrogen-bond donors (Lipinski definition) is 0. The number of carbonyl (C=O) groups is 1. The monoisotopic (exact) mass is 317 g/mol. The molecule has 4 heteroatoms. The highest BCUT2D eigenvalue weighted by Gasteiger charge is 2.23. The van der Waals surface area contributed by atoms with Crippen LogP contribution in [-0.2, 0) is 4.79 Å². The van der Waals surface area contributed by atoms with Crippen LogP contribution in [0.4, 0.5) is 4.39 Å². The number of halogens is 1. The maximum Gasteiger partial charge on any atom is 0.223 e. The Labute approximate surface area is 137 Å². The molecule has 23 heavy (non-hydrogen) atoms. The normalized spacial score (nSPS) is 12.1. The van der Waals surface area contributed by atoms with Gasteiger partial charge in [-0.05, 0) is 42.7 Å². The van der Waals surface area contributed by atoms with Crippen LogP contribution in [0.2, 0.25) is 0 Å². The van der Waals surface area contributed by atoms with Crippen molar-refractivity contribution < 1.29 is 13.6 Å². The van der Waals surface area contributed by atoms with Crippen LogP contribution in [0.1, 0.15) is 50.4 Å². The van der Waals surface area contributed by atoms with Crippen LogP contribution < -0.4 is 0 Å². The van der Waals surface area contributed by atoms with Crippen molar-refractivity contribution in [3.05, 3.63) is 59.8 Å². The fourth-order valence-corrected chi connectivity index (χ4v) is 2.77. The van der Waals surface area contributed by atoms with E-state index in [4.69, 9.17) is 4.42 Å². The van der Waals surface area contributed by atoms with E-state index in [0.29, 0.717) is 6.42 Å².